The molecule has 6 heteroatoms. The Morgan fingerprint density at radius 2 is 2.15 bits per heavy atom. The number of aromatic nitrogens is 2. The van der Waals surface area contributed by atoms with E-state index in [2.05, 4.69) is 10.1 Å². The zero-order valence-corrected chi connectivity index (χ0v) is 11.2. The molecule has 1 N–H and O–H groups in total. The molecule has 0 spiro atoms. The van der Waals surface area contributed by atoms with Gasteiger partial charge in [0.15, 0.2) is 6.61 Å². The van der Waals surface area contributed by atoms with E-state index in [9.17, 15) is 4.79 Å². The summed E-state index contributed by atoms with van der Waals surface area (Å²) in [5, 5.41) is 12.5. The molecule has 20 heavy (non-hydrogen) atoms. The summed E-state index contributed by atoms with van der Waals surface area (Å²) in [6.45, 7) is 2.05. The largest absolute Gasteiger partial charge is 0.485 e. The van der Waals surface area contributed by atoms with Crippen molar-refractivity contribution in [1.29, 1.82) is 0 Å². The zero-order valence-electron chi connectivity index (χ0n) is 11.2. The van der Waals surface area contributed by atoms with Crippen molar-refractivity contribution in [2.45, 2.75) is 26.4 Å². The summed E-state index contributed by atoms with van der Waals surface area (Å²) in [7, 11) is 0. The summed E-state index contributed by atoms with van der Waals surface area (Å²) < 4.78 is 10.6. The van der Waals surface area contributed by atoms with Gasteiger partial charge in [0.1, 0.15) is 5.75 Å². The normalized spacial score (nSPS) is 12.1. The second-order valence-electron chi connectivity index (χ2n) is 4.61. The minimum atomic E-state index is -0.829. The molecule has 0 radical (unpaired) electrons. The Hall–Kier alpha value is -2.37. The predicted molar refractivity (Wildman–Crippen MR) is 70.2 cm³/mol. The number of hydrogen-bond acceptors (Lipinski definition) is 5. The molecule has 0 saturated carbocycles. The van der Waals surface area contributed by atoms with Crippen LogP contribution in [0.3, 0.4) is 0 Å². The highest BCUT2D eigenvalue weighted by Gasteiger charge is 2.13. The standard InChI is InChI=1S/C14H16N2O4/c1-10(8-14(17)18)7-13-15-12(16-20-13)9-19-11-5-3-2-4-6-11/h2-6,10H,7-9H2,1H3,(H,17,18). The van der Waals surface area contributed by atoms with Gasteiger partial charge in [0.2, 0.25) is 11.7 Å². The van der Waals surface area contributed by atoms with Crippen molar-refractivity contribution < 1.29 is 19.2 Å². The first-order chi connectivity index (χ1) is 9.63. The minimum absolute atomic E-state index is 0.0455. The molecule has 0 amide bonds. The van der Waals surface area contributed by atoms with E-state index in [0.717, 1.165) is 5.75 Å². The first-order valence-corrected chi connectivity index (χ1v) is 6.34. The summed E-state index contributed by atoms with van der Waals surface area (Å²) in [4.78, 5) is 14.8. The molecule has 1 heterocycles. The third-order valence-electron chi connectivity index (χ3n) is 2.67. The van der Waals surface area contributed by atoms with Crippen LogP contribution in [0, 0.1) is 5.92 Å². The topological polar surface area (TPSA) is 85.5 Å². The number of rotatable bonds is 7. The quantitative estimate of drug-likeness (QED) is 0.835. The van der Waals surface area contributed by atoms with E-state index >= 15 is 0 Å². The van der Waals surface area contributed by atoms with Gasteiger partial charge in [-0.25, -0.2) is 0 Å². The fourth-order valence-electron chi connectivity index (χ4n) is 1.76. The molecular weight excluding hydrogens is 260 g/mol. The average Bonchev–Trinajstić information content (AvgIpc) is 2.84. The van der Waals surface area contributed by atoms with E-state index in [1.54, 1.807) is 0 Å². The molecule has 0 aliphatic carbocycles. The highest BCUT2D eigenvalue weighted by molar-refractivity contribution is 5.66. The highest BCUT2D eigenvalue weighted by Crippen LogP contribution is 2.13. The number of hydrogen-bond donors (Lipinski definition) is 1. The zero-order chi connectivity index (χ0) is 14.4. The number of para-hydroxylation sites is 1. The van der Waals surface area contributed by atoms with E-state index in [0.29, 0.717) is 18.1 Å². The number of carboxylic acids is 1. The minimum Gasteiger partial charge on any atom is -0.485 e. The van der Waals surface area contributed by atoms with Crippen LogP contribution < -0.4 is 4.74 Å². The molecule has 2 aromatic rings. The predicted octanol–water partition coefficient (Wildman–Crippen LogP) is 2.30. The molecule has 2 rings (SSSR count). The van der Waals surface area contributed by atoms with Crippen molar-refractivity contribution in [3.8, 4) is 5.75 Å². The second-order valence-corrected chi connectivity index (χ2v) is 4.61. The van der Waals surface area contributed by atoms with Gasteiger partial charge in [-0.2, -0.15) is 4.98 Å². The summed E-state index contributed by atoms with van der Waals surface area (Å²) in [5.41, 5.74) is 0. The SMILES string of the molecule is CC(CC(=O)O)Cc1nc(COc2ccccc2)no1. The number of benzene rings is 1. The Balaban J connectivity index is 1.84. The van der Waals surface area contributed by atoms with Crippen molar-refractivity contribution in [3.05, 3.63) is 42.0 Å². The lowest BCUT2D eigenvalue weighted by atomic mass is 10.0. The average molecular weight is 276 g/mol. The van der Waals surface area contributed by atoms with Gasteiger partial charge in [-0.15, -0.1) is 0 Å². The monoisotopic (exact) mass is 276 g/mol. The van der Waals surface area contributed by atoms with Gasteiger partial charge < -0.3 is 14.4 Å². The van der Waals surface area contributed by atoms with Crippen LogP contribution in [0.2, 0.25) is 0 Å². The van der Waals surface area contributed by atoms with Crippen LogP contribution in [0.25, 0.3) is 0 Å². The van der Waals surface area contributed by atoms with E-state index < -0.39 is 5.97 Å². The maximum Gasteiger partial charge on any atom is 0.303 e. The van der Waals surface area contributed by atoms with E-state index in [-0.39, 0.29) is 18.9 Å². The lowest BCUT2D eigenvalue weighted by molar-refractivity contribution is -0.137. The molecule has 0 fully saturated rings. The van der Waals surface area contributed by atoms with Gasteiger partial charge in [0, 0.05) is 12.8 Å². The van der Waals surface area contributed by atoms with Crippen molar-refractivity contribution in [2.75, 3.05) is 0 Å². The summed E-state index contributed by atoms with van der Waals surface area (Å²) in [6.07, 6.45) is 0.531. The number of ether oxygens (including phenoxy) is 1. The Kier molecular flexibility index (Phi) is 4.70. The van der Waals surface area contributed by atoms with Crippen molar-refractivity contribution >= 4 is 5.97 Å². The van der Waals surface area contributed by atoms with Crippen molar-refractivity contribution in [1.82, 2.24) is 10.1 Å². The van der Waals surface area contributed by atoms with Crippen LogP contribution in [0.5, 0.6) is 5.75 Å². The highest BCUT2D eigenvalue weighted by atomic mass is 16.5. The summed E-state index contributed by atoms with van der Waals surface area (Å²) in [6, 6.07) is 9.35. The molecule has 0 aliphatic heterocycles. The van der Waals surface area contributed by atoms with Gasteiger partial charge in [-0.1, -0.05) is 30.3 Å². The van der Waals surface area contributed by atoms with Gasteiger partial charge >= 0.3 is 5.97 Å². The van der Waals surface area contributed by atoms with Gasteiger partial charge in [-0.3, -0.25) is 4.79 Å². The van der Waals surface area contributed by atoms with Crippen LogP contribution in [-0.2, 0) is 17.8 Å². The van der Waals surface area contributed by atoms with E-state index in [1.807, 2.05) is 37.3 Å². The van der Waals surface area contributed by atoms with E-state index in [1.165, 1.54) is 0 Å². The molecule has 1 unspecified atom stereocenters. The molecule has 1 aromatic carbocycles. The molecule has 106 valence electrons. The summed E-state index contributed by atoms with van der Waals surface area (Å²) in [5.74, 6) is 0.746. The van der Waals surface area contributed by atoms with Crippen molar-refractivity contribution in [3.63, 3.8) is 0 Å². The number of aliphatic carboxylic acids is 1. The van der Waals surface area contributed by atoms with Crippen LogP contribution in [0.15, 0.2) is 34.9 Å². The van der Waals surface area contributed by atoms with Crippen LogP contribution in [0.1, 0.15) is 25.1 Å². The molecule has 1 aromatic heterocycles. The first kappa shape index (κ1) is 14.0. The van der Waals surface area contributed by atoms with Gasteiger partial charge in [0.05, 0.1) is 0 Å². The van der Waals surface area contributed by atoms with Gasteiger partial charge in [-0.05, 0) is 18.1 Å². The Labute approximate surface area is 116 Å². The fourth-order valence-corrected chi connectivity index (χ4v) is 1.76. The molecular formula is C14H16N2O4. The Morgan fingerprint density at radius 3 is 2.85 bits per heavy atom. The van der Waals surface area contributed by atoms with Crippen LogP contribution in [0.4, 0.5) is 0 Å². The van der Waals surface area contributed by atoms with Crippen molar-refractivity contribution in [2.24, 2.45) is 5.92 Å². The Morgan fingerprint density at radius 1 is 1.40 bits per heavy atom. The maximum absolute atomic E-state index is 10.6. The van der Waals surface area contributed by atoms with Crippen LogP contribution >= 0.6 is 0 Å². The maximum atomic E-state index is 10.6. The first-order valence-electron chi connectivity index (χ1n) is 6.34. The molecule has 6 nitrogen and oxygen atoms in total. The molecule has 0 aliphatic rings. The number of nitrogens with zero attached hydrogens (tertiary/aromatic N) is 2. The second kappa shape index (κ2) is 6.70. The van der Waals surface area contributed by atoms with Crippen LogP contribution in [-0.4, -0.2) is 21.2 Å². The number of carboxylic acid groups (broad SMARTS) is 1. The van der Waals surface area contributed by atoms with E-state index in [4.69, 9.17) is 14.4 Å². The lowest BCUT2D eigenvalue weighted by Gasteiger charge is -2.03. The fraction of sp³-hybridized carbons (Fsp3) is 0.357. The Bertz CT molecular complexity index is 553. The summed E-state index contributed by atoms with van der Waals surface area (Å²) >= 11 is 0. The third kappa shape index (κ3) is 4.38. The lowest BCUT2D eigenvalue weighted by Crippen LogP contribution is -2.07. The number of carbonyl (C=O) groups is 1. The molecule has 0 bridgehead atoms. The van der Waals surface area contributed by atoms with Gasteiger partial charge in [0.25, 0.3) is 0 Å². The molecule has 0 saturated heterocycles. The molecule has 1 atom stereocenters. The third-order valence-corrected chi connectivity index (χ3v) is 2.67. The smallest absolute Gasteiger partial charge is 0.303 e.